The van der Waals surface area contributed by atoms with E-state index >= 15 is 0 Å². The van der Waals surface area contributed by atoms with E-state index in [0.29, 0.717) is 30.7 Å². The maximum Gasteiger partial charge on any atom is 0.261 e. The van der Waals surface area contributed by atoms with Gasteiger partial charge in [0.05, 0.1) is 17.7 Å². The summed E-state index contributed by atoms with van der Waals surface area (Å²) in [7, 11) is 1.58. The van der Waals surface area contributed by atoms with E-state index < -0.39 is 0 Å². The number of hydrogen-bond acceptors (Lipinski definition) is 5. The molecule has 0 unspecified atom stereocenters. The third kappa shape index (κ3) is 3.98. The Labute approximate surface area is 140 Å². The normalized spacial score (nSPS) is 13.3. The summed E-state index contributed by atoms with van der Waals surface area (Å²) >= 11 is 0. The summed E-state index contributed by atoms with van der Waals surface area (Å²) < 4.78 is 4.96. The van der Waals surface area contributed by atoms with E-state index in [2.05, 4.69) is 0 Å². The molecule has 1 N–H and O–H groups in total. The van der Waals surface area contributed by atoms with Crippen LogP contribution in [0.2, 0.25) is 0 Å². The average molecular weight is 334 g/mol. The Bertz CT molecular complexity index is 582. The van der Waals surface area contributed by atoms with E-state index in [0.717, 1.165) is 4.90 Å². The summed E-state index contributed by atoms with van der Waals surface area (Å²) in [5, 5.41) is 9.08. The molecule has 0 saturated heterocycles. The summed E-state index contributed by atoms with van der Waals surface area (Å²) in [5.41, 5.74) is 0.754. The Morgan fingerprint density at radius 2 is 1.79 bits per heavy atom. The highest BCUT2D eigenvalue weighted by molar-refractivity contribution is 6.21. The first kappa shape index (κ1) is 18.1. The quantitative estimate of drug-likeness (QED) is 0.526. The molecule has 7 heteroatoms. The minimum atomic E-state index is -0.364. The van der Waals surface area contributed by atoms with E-state index in [9.17, 15) is 14.4 Å². The first-order chi connectivity index (χ1) is 11.6. The smallest absolute Gasteiger partial charge is 0.261 e. The standard InChI is InChI=1S/C17H22N2O5/c1-24-12-4-8-18(10-11-20)15(21)7-9-19-16(22)13-5-2-3-6-14(13)17(19)23/h2-3,5-6,20H,4,7-12H2,1H3. The van der Waals surface area contributed by atoms with E-state index in [1.54, 1.807) is 31.4 Å². The highest BCUT2D eigenvalue weighted by Gasteiger charge is 2.35. The maximum atomic E-state index is 12.3. The Kier molecular flexibility index (Phi) is 6.45. The molecule has 0 aromatic heterocycles. The second kappa shape index (κ2) is 8.56. The van der Waals surface area contributed by atoms with Crippen LogP contribution in [0.4, 0.5) is 0 Å². The number of ether oxygens (including phenoxy) is 1. The number of nitrogens with zero attached hydrogens (tertiary/aromatic N) is 2. The van der Waals surface area contributed by atoms with Crippen LogP contribution in [0.5, 0.6) is 0 Å². The van der Waals surface area contributed by atoms with Crippen molar-refractivity contribution in [1.82, 2.24) is 9.80 Å². The van der Waals surface area contributed by atoms with Crippen molar-refractivity contribution in [2.45, 2.75) is 12.8 Å². The monoisotopic (exact) mass is 334 g/mol. The van der Waals surface area contributed by atoms with E-state index in [4.69, 9.17) is 9.84 Å². The molecule has 130 valence electrons. The number of benzene rings is 1. The molecule has 0 saturated carbocycles. The minimum absolute atomic E-state index is 0.0391. The number of carbonyl (C=O) groups is 3. The SMILES string of the molecule is COCCCN(CCO)C(=O)CCN1C(=O)c2ccccc2C1=O. The first-order valence-corrected chi connectivity index (χ1v) is 7.93. The summed E-state index contributed by atoms with van der Waals surface area (Å²) in [6, 6.07) is 6.63. The molecule has 24 heavy (non-hydrogen) atoms. The first-order valence-electron chi connectivity index (χ1n) is 7.93. The molecule has 1 aliphatic rings. The van der Waals surface area contributed by atoms with E-state index in [1.165, 1.54) is 4.90 Å². The average Bonchev–Trinajstić information content (AvgIpc) is 2.83. The van der Waals surface area contributed by atoms with E-state index in [1.807, 2.05) is 0 Å². The number of amides is 3. The molecule has 0 spiro atoms. The van der Waals surface area contributed by atoms with Gasteiger partial charge in [-0.25, -0.2) is 0 Å². The molecule has 2 rings (SSSR count). The fraction of sp³-hybridized carbons (Fsp3) is 0.471. The fourth-order valence-corrected chi connectivity index (χ4v) is 2.69. The molecule has 0 atom stereocenters. The predicted molar refractivity (Wildman–Crippen MR) is 86.6 cm³/mol. The molecule has 1 heterocycles. The molecule has 1 aliphatic heterocycles. The number of imide groups is 1. The number of methoxy groups -OCH3 is 1. The highest BCUT2D eigenvalue weighted by atomic mass is 16.5. The van der Waals surface area contributed by atoms with Crippen LogP contribution in [0, 0.1) is 0 Å². The number of hydrogen-bond donors (Lipinski definition) is 1. The van der Waals surface area contributed by atoms with Crippen LogP contribution in [0.25, 0.3) is 0 Å². The molecule has 3 amide bonds. The van der Waals surface area contributed by atoms with Crippen molar-refractivity contribution >= 4 is 17.7 Å². The Hall–Kier alpha value is -2.25. The third-order valence-electron chi connectivity index (χ3n) is 3.93. The zero-order valence-electron chi connectivity index (χ0n) is 13.7. The van der Waals surface area contributed by atoms with Crippen LogP contribution in [-0.2, 0) is 9.53 Å². The van der Waals surface area contributed by atoms with Crippen molar-refractivity contribution in [3.05, 3.63) is 35.4 Å². The number of fused-ring (bicyclic) bond motifs is 1. The van der Waals surface area contributed by atoms with Crippen molar-refractivity contribution in [1.29, 1.82) is 0 Å². The van der Waals surface area contributed by atoms with Gasteiger partial charge in [0.2, 0.25) is 5.91 Å². The molecule has 0 aliphatic carbocycles. The largest absolute Gasteiger partial charge is 0.395 e. The van der Waals surface area contributed by atoms with E-state index in [-0.39, 0.29) is 43.8 Å². The lowest BCUT2D eigenvalue weighted by Gasteiger charge is -2.23. The van der Waals surface area contributed by atoms with Crippen LogP contribution < -0.4 is 0 Å². The van der Waals surface area contributed by atoms with Gasteiger partial charge in [-0.1, -0.05) is 12.1 Å². The summed E-state index contributed by atoms with van der Waals surface area (Å²) in [6.07, 6.45) is 0.702. The van der Waals surface area contributed by atoms with Gasteiger partial charge in [-0.2, -0.15) is 0 Å². The summed E-state index contributed by atoms with van der Waals surface area (Å²) in [5.74, 6) is -0.926. The van der Waals surface area contributed by atoms with Gasteiger partial charge in [-0.3, -0.25) is 19.3 Å². The van der Waals surface area contributed by atoms with Gasteiger partial charge in [-0.05, 0) is 18.6 Å². The molecule has 1 aromatic carbocycles. The summed E-state index contributed by atoms with van der Waals surface area (Å²) in [6.45, 7) is 1.12. The number of aliphatic hydroxyl groups excluding tert-OH is 1. The van der Waals surface area contributed by atoms with Gasteiger partial charge in [0, 0.05) is 39.8 Å². The van der Waals surface area contributed by atoms with Crippen molar-refractivity contribution in [3.63, 3.8) is 0 Å². The zero-order chi connectivity index (χ0) is 17.5. The molecule has 0 fully saturated rings. The maximum absolute atomic E-state index is 12.3. The van der Waals surface area contributed by atoms with Crippen LogP contribution in [0.1, 0.15) is 33.6 Å². The number of aliphatic hydroxyl groups is 1. The van der Waals surface area contributed by atoms with Gasteiger partial charge >= 0.3 is 0 Å². The lowest BCUT2D eigenvalue weighted by molar-refractivity contribution is -0.132. The second-order valence-corrected chi connectivity index (χ2v) is 5.51. The Morgan fingerprint density at radius 3 is 2.33 bits per heavy atom. The number of carbonyl (C=O) groups excluding carboxylic acids is 3. The van der Waals surface area contributed by atoms with Crippen molar-refractivity contribution in [2.75, 3.05) is 40.0 Å². The van der Waals surface area contributed by atoms with Gasteiger partial charge < -0.3 is 14.7 Å². The molecule has 0 bridgehead atoms. The second-order valence-electron chi connectivity index (χ2n) is 5.51. The van der Waals surface area contributed by atoms with Crippen LogP contribution in [-0.4, -0.2) is 72.6 Å². The van der Waals surface area contributed by atoms with Crippen LogP contribution in [0.15, 0.2) is 24.3 Å². The topological polar surface area (TPSA) is 87.2 Å². The van der Waals surface area contributed by atoms with Crippen LogP contribution >= 0.6 is 0 Å². The predicted octanol–water partition coefficient (Wildman–Crippen LogP) is 0.530. The Morgan fingerprint density at radius 1 is 1.17 bits per heavy atom. The molecule has 1 aromatic rings. The number of rotatable bonds is 9. The van der Waals surface area contributed by atoms with Crippen molar-refractivity contribution in [3.8, 4) is 0 Å². The lowest BCUT2D eigenvalue weighted by Crippen LogP contribution is -2.38. The third-order valence-corrected chi connectivity index (χ3v) is 3.93. The van der Waals surface area contributed by atoms with Crippen molar-refractivity contribution < 1.29 is 24.2 Å². The summed E-state index contributed by atoms with van der Waals surface area (Å²) in [4.78, 5) is 39.4. The van der Waals surface area contributed by atoms with Gasteiger partial charge in [0.1, 0.15) is 0 Å². The van der Waals surface area contributed by atoms with Crippen LogP contribution in [0.3, 0.4) is 0 Å². The van der Waals surface area contributed by atoms with Gasteiger partial charge in [0.15, 0.2) is 0 Å². The highest BCUT2D eigenvalue weighted by Crippen LogP contribution is 2.22. The van der Waals surface area contributed by atoms with Gasteiger partial charge in [0.25, 0.3) is 11.8 Å². The molecule has 7 nitrogen and oxygen atoms in total. The Balaban J connectivity index is 1.93. The molecular weight excluding hydrogens is 312 g/mol. The molecule has 0 radical (unpaired) electrons. The zero-order valence-corrected chi connectivity index (χ0v) is 13.7. The fourth-order valence-electron chi connectivity index (χ4n) is 2.69. The minimum Gasteiger partial charge on any atom is -0.395 e. The van der Waals surface area contributed by atoms with Gasteiger partial charge in [-0.15, -0.1) is 0 Å². The molecular formula is C17H22N2O5. The lowest BCUT2D eigenvalue weighted by atomic mass is 10.1. The van der Waals surface area contributed by atoms with Crippen molar-refractivity contribution in [2.24, 2.45) is 0 Å².